The highest BCUT2D eigenvalue weighted by Gasteiger charge is 2.48. The third-order valence-electron chi connectivity index (χ3n) is 7.90. The standard InChI is InChI=1S/C32H35FN2O6/c1-4-19-8-7-9-20(5-2)29(19)34-27(36)17-35-16-24(22-14-25(33)31-26(15-22)40-18-41-31)28(32(37)38)30(35)21-10-12-23(13-11-21)39-6-3/h7-15,24,28,30H,4-6,16-18H2,1-3H3,(H,34,36)(H,37,38)/t24-,28?,30+/m1/s1. The number of likely N-dealkylation sites (tertiary alicyclic amines) is 1. The fourth-order valence-electron chi connectivity index (χ4n) is 6.02. The Balaban J connectivity index is 1.50. The van der Waals surface area contributed by atoms with Crippen molar-refractivity contribution in [1.82, 2.24) is 4.90 Å². The van der Waals surface area contributed by atoms with E-state index >= 15 is 0 Å². The Kier molecular flexibility index (Phi) is 8.44. The molecule has 0 aromatic heterocycles. The number of carboxylic acid groups (broad SMARTS) is 1. The number of amides is 1. The summed E-state index contributed by atoms with van der Waals surface area (Å²) in [5, 5.41) is 13.6. The molecule has 3 atom stereocenters. The number of aryl methyl sites for hydroxylation is 2. The van der Waals surface area contributed by atoms with Crippen LogP contribution in [-0.4, -0.2) is 48.4 Å². The predicted molar refractivity (Wildman–Crippen MR) is 152 cm³/mol. The van der Waals surface area contributed by atoms with E-state index in [0.29, 0.717) is 17.9 Å². The minimum atomic E-state index is -1.03. The minimum Gasteiger partial charge on any atom is -0.494 e. The summed E-state index contributed by atoms with van der Waals surface area (Å²) in [5.74, 6) is -2.47. The van der Waals surface area contributed by atoms with Gasteiger partial charge in [-0.05, 0) is 66.3 Å². The van der Waals surface area contributed by atoms with Crippen LogP contribution in [0.25, 0.3) is 0 Å². The van der Waals surface area contributed by atoms with Crippen LogP contribution in [0.1, 0.15) is 55.0 Å². The normalized spacial score (nSPS) is 19.8. The molecule has 1 fully saturated rings. The van der Waals surface area contributed by atoms with Crippen molar-refractivity contribution in [2.45, 2.75) is 45.6 Å². The fraction of sp³-hybridized carbons (Fsp3) is 0.375. The number of hydrogen-bond acceptors (Lipinski definition) is 6. The Bertz CT molecular complexity index is 1400. The van der Waals surface area contributed by atoms with Crippen LogP contribution in [-0.2, 0) is 22.4 Å². The van der Waals surface area contributed by atoms with Crippen molar-refractivity contribution in [3.05, 3.63) is 82.7 Å². The van der Waals surface area contributed by atoms with Crippen molar-refractivity contribution < 1.29 is 33.3 Å². The molecule has 1 unspecified atom stereocenters. The summed E-state index contributed by atoms with van der Waals surface area (Å²) >= 11 is 0. The lowest BCUT2D eigenvalue weighted by molar-refractivity contribution is -0.143. The number of benzene rings is 3. The van der Waals surface area contributed by atoms with Gasteiger partial charge in [0.15, 0.2) is 11.6 Å². The molecule has 0 bridgehead atoms. The Hall–Kier alpha value is -4.11. The molecule has 0 aliphatic carbocycles. The molecule has 1 amide bonds. The van der Waals surface area contributed by atoms with Crippen LogP contribution >= 0.6 is 0 Å². The Morgan fingerprint density at radius 2 is 1.73 bits per heavy atom. The molecular weight excluding hydrogens is 527 g/mol. The van der Waals surface area contributed by atoms with Crippen molar-refractivity contribution in [2.24, 2.45) is 5.92 Å². The van der Waals surface area contributed by atoms with Gasteiger partial charge in [-0.15, -0.1) is 0 Å². The van der Waals surface area contributed by atoms with Gasteiger partial charge in [-0.25, -0.2) is 4.39 Å². The number of aliphatic carboxylic acids is 1. The number of carbonyl (C=O) groups excluding carboxylic acids is 1. The largest absolute Gasteiger partial charge is 0.494 e. The smallest absolute Gasteiger partial charge is 0.309 e. The monoisotopic (exact) mass is 562 g/mol. The predicted octanol–water partition coefficient (Wildman–Crippen LogP) is 5.56. The van der Waals surface area contributed by atoms with E-state index in [1.807, 2.05) is 56.0 Å². The number of nitrogens with zero attached hydrogens (tertiary/aromatic N) is 1. The number of carbonyl (C=O) groups is 2. The summed E-state index contributed by atoms with van der Waals surface area (Å²) in [4.78, 5) is 28.2. The molecule has 2 N–H and O–H groups in total. The van der Waals surface area contributed by atoms with E-state index in [1.54, 1.807) is 18.2 Å². The van der Waals surface area contributed by atoms with E-state index in [4.69, 9.17) is 14.2 Å². The first-order valence-corrected chi connectivity index (χ1v) is 14.0. The van der Waals surface area contributed by atoms with Gasteiger partial charge in [0.25, 0.3) is 0 Å². The second kappa shape index (κ2) is 12.2. The third kappa shape index (κ3) is 5.72. The van der Waals surface area contributed by atoms with E-state index in [9.17, 15) is 19.1 Å². The average Bonchev–Trinajstić information content (AvgIpc) is 3.59. The Morgan fingerprint density at radius 1 is 1.02 bits per heavy atom. The van der Waals surface area contributed by atoms with E-state index in [1.165, 1.54) is 6.07 Å². The number of halogens is 1. The van der Waals surface area contributed by atoms with Crippen LogP contribution in [0.15, 0.2) is 54.6 Å². The zero-order valence-electron chi connectivity index (χ0n) is 23.5. The van der Waals surface area contributed by atoms with Crippen molar-refractivity contribution in [2.75, 3.05) is 31.8 Å². The molecule has 5 rings (SSSR count). The second-order valence-electron chi connectivity index (χ2n) is 10.3. The number of carboxylic acids is 1. The van der Waals surface area contributed by atoms with E-state index < -0.39 is 29.7 Å². The molecule has 0 radical (unpaired) electrons. The maximum Gasteiger partial charge on any atom is 0.309 e. The van der Waals surface area contributed by atoms with Gasteiger partial charge in [0, 0.05) is 24.2 Å². The number of anilines is 1. The molecule has 8 nitrogen and oxygen atoms in total. The first-order valence-electron chi connectivity index (χ1n) is 14.0. The van der Waals surface area contributed by atoms with Gasteiger partial charge in [-0.2, -0.15) is 0 Å². The topological polar surface area (TPSA) is 97.3 Å². The van der Waals surface area contributed by atoms with Crippen LogP contribution in [0.2, 0.25) is 0 Å². The lowest BCUT2D eigenvalue weighted by Crippen LogP contribution is -2.35. The fourth-order valence-corrected chi connectivity index (χ4v) is 6.02. The molecule has 0 saturated carbocycles. The molecule has 2 heterocycles. The van der Waals surface area contributed by atoms with Gasteiger partial charge >= 0.3 is 5.97 Å². The van der Waals surface area contributed by atoms with Crippen LogP contribution in [0, 0.1) is 11.7 Å². The van der Waals surface area contributed by atoms with E-state index in [-0.39, 0.29) is 37.3 Å². The zero-order chi connectivity index (χ0) is 29.1. The summed E-state index contributed by atoms with van der Waals surface area (Å²) in [5.41, 5.74) is 4.12. The molecule has 3 aromatic carbocycles. The summed E-state index contributed by atoms with van der Waals surface area (Å²) in [6.45, 7) is 6.58. The quantitative estimate of drug-likeness (QED) is 0.334. The number of nitrogens with one attached hydrogen (secondary N) is 1. The SMILES string of the molecule is CCOc1ccc([C@H]2C(C(=O)O)[C@@H](c3cc(F)c4c(c3)OCO4)CN2CC(=O)Nc2c(CC)cccc2CC)cc1. The number of ether oxygens (including phenoxy) is 3. The number of hydrogen-bond donors (Lipinski definition) is 2. The van der Waals surface area contributed by atoms with Crippen molar-refractivity contribution in [3.63, 3.8) is 0 Å². The van der Waals surface area contributed by atoms with Crippen LogP contribution in [0.5, 0.6) is 17.2 Å². The molecule has 216 valence electrons. The third-order valence-corrected chi connectivity index (χ3v) is 7.90. The zero-order valence-corrected chi connectivity index (χ0v) is 23.5. The highest BCUT2D eigenvalue weighted by Crippen LogP contribution is 2.48. The van der Waals surface area contributed by atoms with Crippen LogP contribution < -0.4 is 19.5 Å². The van der Waals surface area contributed by atoms with Gasteiger partial charge < -0.3 is 24.6 Å². The number of rotatable bonds is 10. The Morgan fingerprint density at radius 3 is 2.37 bits per heavy atom. The summed E-state index contributed by atoms with van der Waals surface area (Å²) in [6, 6.07) is 15.6. The maximum atomic E-state index is 14.9. The van der Waals surface area contributed by atoms with Gasteiger partial charge in [-0.1, -0.05) is 44.2 Å². The lowest BCUT2D eigenvalue weighted by atomic mass is 9.82. The molecule has 2 aliphatic rings. The van der Waals surface area contributed by atoms with Gasteiger partial charge in [0.1, 0.15) is 5.75 Å². The van der Waals surface area contributed by atoms with Crippen LogP contribution in [0.4, 0.5) is 10.1 Å². The molecule has 9 heteroatoms. The van der Waals surface area contributed by atoms with Crippen molar-refractivity contribution in [3.8, 4) is 17.2 Å². The van der Waals surface area contributed by atoms with E-state index in [0.717, 1.165) is 35.2 Å². The van der Waals surface area contributed by atoms with Crippen molar-refractivity contribution in [1.29, 1.82) is 0 Å². The first kappa shape index (κ1) is 28.4. The van der Waals surface area contributed by atoms with Gasteiger partial charge in [0.2, 0.25) is 18.4 Å². The molecule has 1 saturated heterocycles. The van der Waals surface area contributed by atoms with Gasteiger partial charge in [0.05, 0.1) is 19.1 Å². The van der Waals surface area contributed by atoms with E-state index in [2.05, 4.69) is 5.32 Å². The minimum absolute atomic E-state index is 0.0271. The average molecular weight is 563 g/mol. The molecule has 0 spiro atoms. The summed E-state index contributed by atoms with van der Waals surface area (Å²) < 4.78 is 31.1. The maximum absolute atomic E-state index is 14.9. The molecular formula is C32H35FN2O6. The highest BCUT2D eigenvalue weighted by atomic mass is 19.1. The summed E-state index contributed by atoms with van der Waals surface area (Å²) in [6.07, 6.45) is 1.53. The number of fused-ring (bicyclic) bond motifs is 1. The molecule has 2 aliphatic heterocycles. The van der Waals surface area contributed by atoms with Crippen LogP contribution in [0.3, 0.4) is 0 Å². The molecule has 3 aromatic rings. The molecule has 41 heavy (non-hydrogen) atoms. The Labute approximate surface area is 239 Å². The number of para-hydroxylation sites is 1. The first-order chi connectivity index (χ1) is 19.8. The second-order valence-corrected chi connectivity index (χ2v) is 10.3. The lowest BCUT2D eigenvalue weighted by Gasteiger charge is -2.27. The van der Waals surface area contributed by atoms with Gasteiger partial charge in [-0.3, -0.25) is 14.5 Å². The van der Waals surface area contributed by atoms with Crippen molar-refractivity contribution >= 4 is 17.6 Å². The summed E-state index contributed by atoms with van der Waals surface area (Å²) in [7, 11) is 0. The highest BCUT2D eigenvalue weighted by molar-refractivity contribution is 5.94.